The number of nitro groups is 1. The fraction of sp³-hybridized carbons (Fsp3) is 0.250. The molecule has 10 nitrogen and oxygen atoms in total. The quantitative estimate of drug-likeness (QED) is 0.520. The molecular formula is C16H16N6O4S. The van der Waals surface area contributed by atoms with Crippen molar-refractivity contribution in [1.29, 1.82) is 0 Å². The summed E-state index contributed by atoms with van der Waals surface area (Å²) in [5.41, 5.74) is 3.04. The van der Waals surface area contributed by atoms with Gasteiger partial charge in [0.25, 0.3) is 10.0 Å². The fourth-order valence-electron chi connectivity index (χ4n) is 3.06. The first kappa shape index (κ1) is 17.4. The second-order valence-corrected chi connectivity index (χ2v) is 7.89. The molecule has 4 rings (SSSR count). The molecule has 0 atom stereocenters. The number of hydrogen-bond donors (Lipinski definition) is 1. The summed E-state index contributed by atoms with van der Waals surface area (Å²) in [7, 11) is -3.97. The van der Waals surface area contributed by atoms with Gasteiger partial charge >= 0.3 is 5.69 Å². The smallest absolute Gasteiger partial charge is 0.312 e. The molecule has 27 heavy (non-hydrogen) atoms. The van der Waals surface area contributed by atoms with Gasteiger partial charge in [-0.15, -0.1) is 4.09 Å². The lowest BCUT2D eigenvalue weighted by molar-refractivity contribution is -0.384. The van der Waals surface area contributed by atoms with Crippen molar-refractivity contribution >= 4 is 32.4 Å². The molecule has 11 heteroatoms. The Balaban J connectivity index is 1.87. The van der Waals surface area contributed by atoms with Crippen molar-refractivity contribution in [2.75, 3.05) is 18.5 Å². The predicted octanol–water partition coefficient (Wildman–Crippen LogP) is 2.00. The minimum Gasteiger partial charge on any atom is -0.312 e. The van der Waals surface area contributed by atoms with Gasteiger partial charge in [0.15, 0.2) is 5.65 Å². The number of pyridine rings is 1. The van der Waals surface area contributed by atoms with Gasteiger partial charge in [-0.05, 0) is 25.0 Å². The SMILES string of the molecule is O=[N+]([O-])c1cnc2c(cnn2S(=O)(=O)c2ccccc2)c1NN1CCCC1. The van der Waals surface area contributed by atoms with E-state index in [1.807, 2.05) is 5.01 Å². The number of fused-ring (bicyclic) bond motifs is 1. The molecule has 1 aliphatic heterocycles. The summed E-state index contributed by atoms with van der Waals surface area (Å²) >= 11 is 0. The van der Waals surface area contributed by atoms with Gasteiger partial charge in [-0.3, -0.25) is 10.1 Å². The maximum atomic E-state index is 12.9. The van der Waals surface area contributed by atoms with Crippen molar-refractivity contribution in [3.63, 3.8) is 0 Å². The highest BCUT2D eigenvalue weighted by Crippen LogP contribution is 2.33. The van der Waals surface area contributed by atoms with Gasteiger partial charge in [0.2, 0.25) is 0 Å². The highest BCUT2D eigenvalue weighted by Gasteiger charge is 2.27. The van der Waals surface area contributed by atoms with E-state index in [1.54, 1.807) is 18.2 Å². The van der Waals surface area contributed by atoms with Crippen LogP contribution in [-0.2, 0) is 10.0 Å². The molecule has 1 aromatic carbocycles. The normalized spacial score (nSPS) is 15.3. The van der Waals surface area contributed by atoms with Crippen LogP contribution in [0.2, 0.25) is 0 Å². The molecule has 3 heterocycles. The van der Waals surface area contributed by atoms with Gasteiger partial charge in [0.05, 0.1) is 21.4 Å². The molecule has 3 aromatic rings. The summed E-state index contributed by atoms with van der Waals surface area (Å²) in [5.74, 6) is 0. The Bertz CT molecular complexity index is 1110. The maximum absolute atomic E-state index is 12.9. The van der Waals surface area contributed by atoms with Crippen molar-refractivity contribution in [1.82, 2.24) is 19.2 Å². The summed E-state index contributed by atoms with van der Waals surface area (Å²) in [6, 6.07) is 7.84. The first-order valence-corrected chi connectivity index (χ1v) is 9.76. The average molecular weight is 388 g/mol. The monoisotopic (exact) mass is 388 g/mol. The topological polar surface area (TPSA) is 123 Å². The molecule has 0 radical (unpaired) electrons. The van der Waals surface area contributed by atoms with Crippen LogP contribution in [0.15, 0.2) is 47.6 Å². The number of benzene rings is 1. The van der Waals surface area contributed by atoms with Crippen molar-refractivity contribution in [3.8, 4) is 0 Å². The Hall–Kier alpha value is -3.05. The van der Waals surface area contributed by atoms with Gasteiger partial charge in [0.1, 0.15) is 11.9 Å². The zero-order valence-corrected chi connectivity index (χ0v) is 15.0. The zero-order chi connectivity index (χ0) is 19.0. The molecule has 1 N–H and O–H groups in total. The summed E-state index contributed by atoms with van der Waals surface area (Å²) in [4.78, 5) is 14.9. The summed E-state index contributed by atoms with van der Waals surface area (Å²) < 4.78 is 26.6. The third-order valence-corrected chi connectivity index (χ3v) is 5.98. The largest absolute Gasteiger partial charge is 0.312 e. The van der Waals surface area contributed by atoms with Crippen LogP contribution in [0.1, 0.15) is 12.8 Å². The van der Waals surface area contributed by atoms with Crippen LogP contribution in [0.4, 0.5) is 11.4 Å². The predicted molar refractivity (Wildman–Crippen MR) is 97.6 cm³/mol. The third-order valence-electron chi connectivity index (χ3n) is 4.39. The van der Waals surface area contributed by atoms with Gasteiger partial charge in [-0.1, -0.05) is 18.2 Å². The van der Waals surface area contributed by atoms with E-state index in [0.29, 0.717) is 0 Å². The van der Waals surface area contributed by atoms with Crippen LogP contribution < -0.4 is 5.43 Å². The van der Waals surface area contributed by atoms with E-state index in [1.165, 1.54) is 18.3 Å². The molecule has 1 saturated heterocycles. The van der Waals surface area contributed by atoms with Gasteiger partial charge in [-0.2, -0.15) is 13.5 Å². The molecule has 2 aromatic heterocycles. The minimum absolute atomic E-state index is 0.0335. The maximum Gasteiger partial charge on any atom is 0.312 e. The molecule has 0 spiro atoms. The average Bonchev–Trinajstić information content (AvgIpc) is 3.32. The fourth-order valence-corrected chi connectivity index (χ4v) is 4.30. The first-order chi connectivity index (χ1) is 13.0. The molecule has 0 bridgehead atoms. The van der Waals surface area contributed by atoms with Crippen LogP contribution in [0.5, 0.6) is 0 Å². The zero-order valence-electron chi connectivity index (χ0n) is 14.1. The second kappa shape index (κ2) is 6.59. The standard InChI is InChI=1S/C16H16N6O4S/c23-22(24)14-11-17-16-13(15(14)19-20-8-4-5-9-20)10-18-21(16)27(25,26)12-6-2-1-3-7-12/h1-3,6-7,10-11H,4-5,8-9H2,(H,17,19). The van der Waals surface area contributed by atoms with Gasteiger partial charge < -0.3 is 5.43 Å². The van der Waals surface area contributed by atoms with Crippen molar-refractivity contribution in [2.45, 2.75) is 17.7 Å². The van der Waals surface area contributed by atoms with E-state index < -0.39 is 14.9 Å². The lowest BCUT2D eigenvalue weighted by Gasteiger charge is -2.18. The molecule has 1 aliphatic rings. The van der Waals surface area contributed by atoms with E-state index in [4.69, 9.17) is 0 Å². The van der Waals surface area contributed by atoms with Crippen molar-refractivity contribution < 1.29 is 13.3 Å². The van der Waals surface area contributed by atoms with Gasteiger partial charge in [0, 0.05) is 13.1 Å². The van der Waals surface area contributed by atoms with Gasteiger partial charge in [-0.25, -0.2) is 9.99 Å². The van der Waals surface area contributed by atoms with E-state index in [0.717, 1.165) is 36.2 Å². The molecule has 1 fully saturated rings. The molecule has 0 amide bonds. The number of hydrogen-bond acceptors (Lipinski definition) is 8. The number of anilines is 1. The first-order valence-electron chi connectivity index (χ1n) is 8.32. The van der Waals surface area contributed by atoms with Crippen molar-refractivity contribution in [3.05, 3.63) is 52.8 Å². The van der Waals surface area contributed by atoms with Crippen LogP contribution in [-0.4, -0.2) is 45.6 Å². The second-order valence-electron chi connectivity index (χ2n) is 6.12. The molecule has 0 aliphatic carbocycles. The molecule has 140 valence electrons. The van der Waals surface area contributed by atoms with Crippen LogP contribution in [0, 0.1) is 10.1 Å². The Morgan fingerprint density at radius 2 is 1.81 bits per heavy atom. The number of hydrazine groups is 1. The Labute approximate surface area is 154 Å². The molecule has 0 unspecified atom stereocenters. The van der Waals surface area contributed by atoms with Crippen molar-refractivity contribution in [2.24, 2.45) is 0 Å². The Morgan fingerprint density at radius 3 is 2.48 bits per heavy atom. The lowest BCUT2D eigenvalue weighted by Crippen LogP contribution is -2.26. The summed E-state index contributed by atoms with van der Waals surface area (Å²) in [5, 5.41) is 17.5. The summed E-state index contributed by atoms with van der Waals surface area (Å²) in [6.07, 6.45) is 4.31. The van der Waals surface area contributed by atoms with E-state index in [9.17, 15) is 18.5 Å². The number of aromatic nitrogens is 3. The van der Waals surface area contributed by atoms with Crippen LogP contribution >= 0.6 is 0 Å². The highest BCUT2D eigenvalue weighted by molar-refractivity contribution is 7.90. The molecule has 0 saturated carbocycles. The number of nitrogens with zero attached hydrogens (tertiary/aromatic N) is 5. The van der Waals surface area contributed by atoms with Crippen LogP contribution in [0.3, 0.4) is 0 Å². The third kappa shape index (κ3) is 3.00. The summed E-state index contributed by atoms with van der Waals surface area (Å²) in [6.45, 7) is 1.49. The van der Waals surface area contributed by atoms with E-state index in [2.05, 4.69) is 15.5 Å². The number of rotatable bonds is 5. The lowest BCUT2D eigenvalue weighted by atomic mass is 10.2. The van der Waals surface area contributed by atoms with Crippen LogP contribution in [0.25, 0.3) is 11.0 Å². The number of nitrogens with one attached hydrogen (secondary N) is 1. The molecular weight excluding hydrogens is 372 g/mol. The van der Waals surface area contributed by atoms with E-state index >= 15 is 0 Å². The Morgan fingerprint density at radius 1 is 1.11 bits per heavy atom. The Kier molecular flexibility index (Phi) is 4.24. The van der Waals surface area contributed by atoms with E-state index in [-0.39, 0.29) is 27.3 Å². The minimum atomic E-state index is -3.97. The highest BCUT2D eigenvalue weighted by atomic mass is 32.2.